The predicted molar refractivity (Wildman–Crippen MR) is 211 cm³/mol. The zero-order valence-corrected chi connectivity index (χ0v) is 32.0. The second-order valence-corrected chi connectivity index (χ2v) is 18.9. The minimum atomic E-state index is -0.163. The average molecular weight is 677 g/mol. The summed E-state index contributed by atoms with van der Waals surface area (Å²) in [7, 11) is 0. The highest BCUT2D eigenvalue weighted by atomic mass is 16.3. The van der Waals surface area contributed by atoms with Gasteiger partial charge in [0.15, 0.2) is 0 Å². The molecule has 5 aromatic rings. The number of aromatic nitrogens is 1. The maximum atomic E-state index is 6.80. The van der Waals surface area contributed by atoms with Gasteiger partial charge in [-0.3, -0.25) is 0 Å². The van der Waals surface area contributed by atoms with Crippen molar-refractivity contribution in [2.75, 3.05) is 0 Å². The van der Waals surface area contributed by atoms with Gasteiger partial charge in [-0.05, 0) is 91.0 Å². The van der Waals surface area contributed by atoms with Crippen LogP contribution in [0.1, 0.15) is 128 Å². The van der Waals surface area contributed by atoms with Gasteiger partial charge in [0.25, 0.3) is 0 Å². The van der Waals surface area contributed by atoms with Crippen LogP contribution in [-0.2, 0) is 17.4 Å². The maximum Gasteiger partial charge on any atom is 0.214 e. The van der Waals surface area contributed by atoms with Crippen molar-refractivity contribution in [2.45, 2.75) is 123 Å². The summed E-state index contributed by atoms with van der Waals surface area (Å²) in [5.41, 5.74) is 12.7. The third-order valence-electron chi connectivity index (χ3n) is 14.9. The topological polar surface area (TPSA) is 17.0 Å². The second-order valence-electron chi connectivity index (χ2n) is 18.9. The lowest BCUT2D eigenvalue weighted by molar-refractivity contribution is -0.758. The Morgan fingerprint density at radius 2 is 1.43 bits per heavy atom. The molecule has 264 valence electrons. The van der Waals surface area contributed by atoms with E-state index in [0.717, 1.165) is 35.5 Å². The van der Waals surface area contributed by atoms with E-state index in [9.17, 15) is 0 Å². The lowest BCUT2D eigenvalue weighted by Gasteiger charge is -2.63. The Kier molecular flexibility index (Phi) is 7.31. The van der Waals surface area contributed by atoms with E-state index in [-0.39, 0.29) is 11.0 Å². The number of pyridine rings is 1. The first-order valence-electron chi connectivity index (χ1n) is 20.9. The first kappa shape index (κ1) is 32.3. The highest BCUT2D eigenvalue weighted by molar-refractivity contribution is 5.98. The molecule has 1 aliphatic heterocycles. The minimum absolute atomic E-state index is 0.0143. The van der Waals surface area contributed by atoms with Crippen molar-refractivity contribution in [1.29, 1.82) is 0 Å². The van der Waals surface area contributed by atoms with Gasteiger partial charge in [-0.15, -0.1) is 0 Å². The molecule has 51 heavy (non-hydrogen) atoms. The Bertz CT molecular complexity index is 2140. The van der Waals surface area contributed by atoms with Crippen LogP contribution < -0.4 is 4.57 Å². The maximum absolute atomic E-state index is 6.80. The highest BCUT2D eigenvalue weighted by Gasteiger charge is 2.76. The number of hydrogen-bond acceptors (Lipinski definition) is 1. The van der Waals surface area contributed by atoms with Crippen LogP contribution >= 0.6 is 0 Å². The van der Waals surface area contributed by atoms with Gasteiger partial charge < -0.3 is 4.42 Å². The van der Waals surface area contributed by atoms with Gasteiger partial charge in [-0.2, -0.15) is 4.57 Å². The van der Waals surface area contributed by atoms with Gasteiger partial charge in [0.05, 0.1) is 5.56 Å². The normalized spacial score (nSPS) is 26.9. The number of fused-ring (bicyclic) bond motifs is 13. The molecule has 0 bridgehead atoms. The summed E-state index contributed by atoms with van der Waals surface area (Å²) in [4.78, 5) is 0. The molecule has 2 atom stereocenters. The van der Waals surface area contributed by atoms with Crippen molar-refractivity contribution in [1.82, 2.24) is 0 Å². The smallest absolute Gasteiger partial charge is 0.214 e. The molecule has 5 aliphatic rings. The summed E-state index contributed by atoms with van der Waals surface area (Å²) in [6.45, 7) is 14.9. The molecule has 4 aliphatic carbocycles. The quantitative estimate of drug-likeness (QED) is 0.169. The van der Waals surface area contributed by atoms with E-state index in [2.05, 4.69) is 113 Å². The molecule has 0 N–H and O–H groups in total. The number of benzene rings is 3. The molecule has 0 radical (unpaired) electrons. The van der Waals surface area contributed by atoms with Crippen LogP contribution in [0.25, 0.3) is 44.5 Å². The van der Waals surface area contributed by atoms with Crippen LogP contribution in [0.3, 0.4) is 0 Å². The molecule has 3 aromatic carbocycles. The molecule has 3 heterocycles. The van der Waals surface area contributed by atoms with Crippen molar-refractivity contribution in [2.24, 2.45) is 41.4 Å². The third kappa shape index (κ3) is 4.32. The van der Waals surface area contributed by atoms with Crippen LogP contribution in [0.4, 0.5) is 0 Å². The van der Waals surface area contributed by atoms with Gasteiger partial charge in [-0.1, -0.05) is 116 Å². The predicted octanol–water partition coefficient (Wildman–Crippen LogP) is 12.8. The van der Waals surface area contributed by atoms with E-state index in [1.54, 1.807) is 11.1 Å². The number of furan rings is 1. The van der Waals surface area contributed by atoms with E-state index in [1.165, 1.54) is 108 Å². The Morgan fingerprint density at radius 1 is 0.745 bits per heavy atom. The molecule has 2 aromatic heterocycles. The van der Waals surface area contributed by atoms with Crippen molar-refractivity contribution >= 4 is 21.9 Å². The van der Waals surface area contributed by atoms with Crippen LogP contribution in [0.15, 0.2) is 71.1 Å². The van der Waals surface area contributed by atoms with Crippen LogP contribution in [0.5, 0.6) is 0 Å². The monoisotopic (exact) mass is 676 g/mol. The van der Waals surface area contributed by atoms with Gasteiger partial charge in [0.2, 0.25) is 16.7 Å². The van der Waals surface area contributed by atoms with E-state index >= 15 is 0 Å². The molecule has 0 saturated heterocycles. The van der Waals surface area contributed by atoms with Gasteiger partial charge >= 0.3 is 0 Å². The largest absolute Gasteiger partial charge is 0.456 e. The number of rotatable bonds is 5. The zero-order valence-electron chi connectivity index (χ0n) is 32.0. The molecular formula is C49H58NO+. The Balaban J connectivity index is 1.30. The highest BCUT2D eigenvalue weighted by Crippen LogP contribution is 2.70. The molecule has 3 fully saturated rings. The summed E-state index contributed by atoms with van der Waals surface area (Å²) >= 11 is 0. The number of nitrogens with zero attached hydrogens (tertiary/aromatic N) is 1. The first-order chi connectivity index (χ1) is 24.7. The van der Waals surface area contributed by atoms with E-state index < -0.39 is 0 Å². The Labute approximate surface area is 306 Å². The van der Waals surface area contributed by atoms with Gasteiger partial charge in [0.1, 0.15) is 11.3 Å². The lowest BCUT2D eigenvalue weighted by Crippen LogP contribution is -2.77. The summed E-state index contributed by atoms with van der Waals surface area (Å²) in [6.07, 6.45) is 15.2. The number of hydrogen-bond donors (Lipinski definition) is 0. The summed E-state index contributed by atoms with van der Waals surface area (Å²) in [5, 5.41) is 2.71. The van der Waals surface area contributed by atoms with E-state index in [0.29, 0.717) is 23.7 Å². The molecule has 10 rings (SSSR count). The van der Waals surface area contributed by atoms with E-state index in [1.807, 2.05) is 0 Å². The van der Waals surface area contributed by atoms with Crippen molar-refractivity contribution in [3.63, 3.8) is 0 Å². The van der Waals surface area contributed by atoms with Crippen molar-refractivity contribution < 1.29 is 8.98 Å². The fourth-order valence-corrected chi connectivity index (χ4v) is 13.4. The van der Waals surface area contributed by atoms with Crippen molar-refractivity contribution in [3.05, 3.63) is 89.0 Å². The zero-order chi connectivity index (χ0) is 34.8. The van der Waals surface area contributed by atoms with E-state index in [4.69, 9.17) is 4.42 Å². The Morgan fingerprint density at radius 3 is 2.10 bits per heavy atom. The number of para-hydroxylation sites is 1. The summed E-state index contributed by atoms with van der Waals surface area (Å²) in [6, 6.07) is 26.5. The molecular weight excluding hydrogens is 619 g/mol. The lowest BCUT2D eigenvalue weighted by atomic mass is 9.39. The van der Waals surface area contributed by atoms with Crippen molar-refractivity contribution in [3.8, 4) is 22.6 Å². The van der Waals surface area contributed by atoms with Crippen LogP contribution in [-0.4, -0.2) is 0 Å². The standard InChI is InChI=1S/C49H58NO/c1-29(2)27-31-21-25-38-34(28-31)22-26-39-42-37(24-23-36-45(42)48(5,6)46-35-19-13-14-20-40(35)51-47(36)46)49(50(38)39)43(32-15-9-7-10-16-32)41(30(3)4)44(49)33-17-11-8-12-18-33/h13-14,19-26,28-30,32-33,41,43-44H,7-12,15-18,27H2,1-6H3/q+1. The first-order valence-corrected chi connectivity index (χ1v) is 20.9. The average Bonchev–Trinajstić information content (AvgIpc) is 3.73. The fourth-order valence-electron chi connectivity index (χ4n) is 13.4. The third-order valence-corrected chi connectivity index (χ3v) is 14.9. The summed E-state index contributed by atoms with van der Waals surface area (Å²) in [5.74, 6) is 6.10. The molecule has 2 unspecified atom stereocenters. The second kappa shape index (κ2) is 11.6. The Hall–Kier alpha value is -3.39. The molecule has 2 heteroatoms. The van der Waals surface area contributed by atoms with Gasteiger partial charge in [-0.25, -0.2) is 0 Å². The van der Waals surface area contributed by atoms with Gasteiger partial charge in [0, 0.05) is 56.8 Å². The molecule has 0 amide bonds. The molecule has 1 spiro atoms. The minimum Gasteiger partial charge on any atom is -0.456 e. The van der Waals surface area contributed by atoms with Crippen LogP contribution in [0, 0.1) is 41.4 Å². The SMILES string of the molecule is CC(C)Cc1ccc2c(ccc3[n+]2C2(c4ccc5c(c4-3)C(C)(C)c3c-5oc4ccccc34)C(C3CCCCC3)C(C(C)C)C2C2CCCCC2)c1. The summed E-state index contributed by atoms with van der Waals surface area (Å²) < 4.78 is 9.83. The fraction of sp³-hybridized carbons (Fsp3) is 0.531. The molecule has 2 nitrogen and oxygen atoms in total. The molecule has 3 saturated carbocycles. The van der Waals surface area contributed by atoms with Crippen LogP contribution in [0.2, 0.25) is 0 Å².